The summed E-state index contributed by atoms with van der Waals surface area (Å²) >= 11 is 0. The first-order chi connectivity index (χ1) is 9.70. The molecule has 108 valence electrons. The number of hydrogen-bond donors (Lipinski definition) is 2. The number of urea groups is 1. The van der Waals surface area contributed by atoms with Crippen LogP contribution in [0.15, 0.2) is 30.3 Å². The molecule has 0 radical (unpaired) electrons. The lowest BCUT2D eigenvalue weighted by Gasteiger charge is -2.27. The van der Waals surface area contributed by atoms with Gasteiger partial charge in [0.25, 0.3) is 0 Å². The molecule has 0 spiro atoms. The predicted octanol–water partition coefficient (Wildman–Crippen LogP) is 2.99. The van der Waals surface area contributed by atoms with Gasteiger partial charge in [0, 0.05) is 19.6 Å². The van der Waals surface area contributed by atoms with Gasteiger partial charge in [-0.15, -0.1) is 0 Å². The zero-order valence-corrected chi connectivity index (χ0v) is 11.9. The van der Waals surface area contributed by atoms with Gasteiger partial charge in [0.1, 0.15) is 5.75 Å². The van der Waals surface area contributed by atoms with Crippen LogP contribution in [-0.2, 0) is 0 Å². The maximum atomic E-state index is 11.9. The Kier molecular flexibility index (Phi) is 5.04. The normalized spacial score (nSPS) is 14.8. The monoisotopic (exact) mass is 274 g/mol. The summed E-state index contributed by atoms with van der Waals surface area (Å²) < 4.78 is 0. The van der Waals surface area contributed by atoms with E-state index in [1.165, 1.54) is 5.57 Å². The molecule has 4 nitrogen and oxygen atoms in total. The number of nitrogens with one attached hydrogen (secondary N) is 1. The Bertz CT molecular complexity index is 480. The van der Waals surface area contributed by atoms with Gasteiger partial charge >= 0.3 is 6.03 Å². The Hall–Kier alpha value is -1.97. The Morgan fingerprint density at radius 1 is 1.35 bits per heavy atom. The maximum Gasteiger partial charge on any atom is 0.317 e. The minimum absolute atomic E-state index is 0.0273. The second-order valence-electron chi connectivity index (χ2n) is 5.06. The molecule has 0 aliphatic carbocycles. The van der Waals surface area contributed by atoms with Crippen LogP contribution in [0.1, 0.15) is 31.7 Å². The molecule has 1 aliphatic rings. The van der Waals surface area contributed by atoms with Crippen molar-refractivity contribution in [1.29, 1.82) is 0 Å². The van der Waals surface area contributed by atoms with Gasteiger partial charge in [-0.3, -0.25) is 0 Å². The molecule has 4 heteroatoms. The maximum absolute atomic E-state index is 11.9. The Balaban J connectivity index is 1.89. The minimum atomic E-state index is 0.0273. The zero-order valence-electron chi connectivity index (χ0n) is 11.9. The fraction of sp³-hybridized carbons (Fsp3) is 0.438. The highest BCUT2D eigenvalue weighted by molar-refractivity contribution is 5.76. The molecule has 0 saturated heterocycles. The first-order valence-electron chi connectivity index (χ1n) is 7.22. The standard InChI is InChI=1S/C16H22N2O2/c1-2-3-10-17-16(20)18-11-8-14(9-12-18)13-4-6-15(19)7-5-13/h4-8,19H,2-3,9-12H2,1H3,(H,17,20). The summed E-state index contributed by atoms with van der Waals surface area (Å²) in [6.07, 6.45) is 5.06. The third-order valence-electron chi connectivity index (χ3n) is 3.54. The van der Waals surface area contributed by atoms with Crippen molar-refractivity contribution in [2.75, 3.05) is 19.6 Å². The summed E-state index contributed by atoms with van der Waals surface area (Å²) in [5, 5.41) is 12.2. The minimum Gasteiger partial charge on any atom is -0.508 e. The lowest BCUT2D eigenvalue weighted by molar-refractivity contribution is 0.203. The number of unbranched alkanes of at least 4 members (excludes halogenated alkanes) is 1. The fourth-order valence-corrected chi connectivity index (χ4v) is 2.28. The van der Waals surface area contributed by atoms with Crippen LogP contribution in [0.4, 0.5) is 4.79 Å². The number of carbonyl (C=O) groups is 1. The number of nitrogens with zero attached hydrogens (tertiary/aromatic N) is 1. The van der Waals surface area contributed by atoms with Crippen molar-refractivity contribution in [1.82, 2.24) is 10.2 Å². The highest BCUT2D eigenvalue weighted by Gasteiger charge is 2.17. The summed E-state index contributed by atoms with van der Waals surface area (Å²) in [5.41, 5.74) is 2.36. The van der Waals surface area contributed by atoms with E-state index in [0.29, 0.717) is 6.54 Å². The lowest BCUT2D eigenvalue weighted by Crippen LogP contribution is -2.42. The van der Waals surface area contributed by atoms with Gasteiger partial charge in [-0.25, -0.2) is 4.79 Å². The number of benzene rings is 1. The average Bonchev–Trinajstić information content (AvgIpc) is 2.48. The first kappa shape index (κ1) is 14.4. The average molecular weight is 274 g/mol. The van der Waals surface area contributed by atoms with E-state index in [1.807, 2.05) is 17.0 Å². The van der Waals surface area contributed by atoms with E-state index in [1.54, 1.807) is 12.1 Å². The second kappa shape index (κ2) is 6.98. The van der Waals surface area contributed by atoms with Crippen molar-refractivity contribution in [2.45, 2.75) is 26.2 Å². The second-order valence-corrected chi connectivity index (χ2v) is 5.06. The van der Waals surface area contributed by atoms with E-state index in [0.717, 1.165) is 37.9 Å². The number of rotatable bonds is 4. The van der Waals surface area contributed by atoms with Crippen LogP contribution in [0.5, 0.6) is 5.75 Å². The van der Waals surface area contributed by atoms with Crippen LogP contribution >= 0.6 is 0 Å². The van der Waals surface area contributed by atoms with Gasteiger partial charge in [0.05, 0.1) is 0 Å². The molecular formula is C16H22N2O2. The first-order valence-corrected chi connectivity index (χ1v) is 7.22. The summed E-state index contributed by atoms with van der Waals surface area (Å²) in [6, 6.07) is 7.25. The van der Waals surface area contributed by atoms with Crippen molar-refractivity contribution >= 4 is 11.6 Å². The zero-order chi connectivity index (χ0) is 14.4. The van der Waals surface area contributed by atoms with Crippen molar-refractivity contribution in [2.24, 2.45) is 0 Å². The third kappa shape index (κ3) is 3.76. The Morgan fingerprint density at radius 2 is 2.10 bits per heavy atom. The van der Waals surface area contributed by atoms with Crippen molar-refractivity contribution in [3.63, 3.8) is 0 Å². The molecule has 2 N–H and O–H groups in total. The molecule has 2 amide bonds. The molecule has 0 atom stereocenters. The number of phenolic OH excluding ortho intramolecular Hbond substituents is 1. The molecule has 1 aromatic carbocycles. The summed E-state index contributed by atoms with van der Waals surface area (Å²) in [7, 11) is 0. The summed E-state index contributed by atoms with van der Waals surface area (Å²) in [4.78, 5) is 13.7. The highest BCUT2D eigenvalue weighted by atomic mass is 16.3. The number of aromatic hydroxyl groups is 1. The van der Waals surface area contributed by atoms with E-state index in [2.05, 4.69) is 18.3 Å². The van der Waals surface area contributed by atoms with Crippen LogP contribution in [0.25, 0.3) is 5.57 Å². The van der Waals surface area contributed by atoms with Crippen LogP contribution in [-0.4, -0.2) is 35.7 Å². The SMILES string of the molecule is CCCCNC(=O)N1CC=C(c2ccc(O)cc2)CC1. The molecule has 2 rings (SSSR count). The van der Waals surface area contributed by atoms with Gasteiger partial charge in [0.2, 0.25) is 0 Å². The predicted molar refractivity (Wildman–Crippen MR) is 80.6 cm³/mol. The van der Waals surface area contributed by atoms with E-state index >= 15 is 0 Å². The van der Waals surface area contributed by atoms with Crippen molar-refractivity contribution in [3.8, 4) is 5.75 Å². The molecule has 0 aromatic heterocycles. The molecule has 1 heterocycles. The quantitative estimate of drug-likeness (QED) is 0.829. The lowest BCUT2D eigenvalue weighted by atomic mass is 9.99. The van der Waals surface area contributed by atoms with Gasteiger partial charge < -0.3 is 15.3 Å². The van der Waals surface area contributed by atoms with Gasteiger partial charge in [-0.1, -0.05) is 31.6 Å². The van der Waals surface area contributed by atoms with Crippen LogP contribution in [0.3, 0.4) is 0 Å². The molecule has 0 fully saturated rings. The third-order valence-corrected chi connectivity index (χ3v) is 3.54. The van der Waals surface area contributed by atoms with E-state index in [4.69, 9.17) is 0 Å². The van der Waals surface area contributed by atoms with E-state index in [9.17, 15) is 9.90 Å². The van der Waals surface area contributed by atoms with Gasteiger partial charge in [-0.2, -0.15) is 0 Å². The molecule has 0 unspecified atom stereocenters. The summed E-state index contributed by atoms with van der Waals surface area (Å²) in [6.45, 7) is 4.25. The van der Waals surface area contributed by atoms with Crippen LogP contribution in [0, 0.1) is 0 Å². The van der Waals surface area contributed by atoms with E-state index < -0.39 is 0 Å². The number of carbonyl (C=O) groups excluding carboxylic acids is 1. The molecule has 0 bridgehead atoms. The van der Waals surface area contributed by atoms with Gasteiger partial charge in [-0.05, 0) is 36.1 Å². The Labute approximate surface area is 120 Å². The molecule has 20 heavy (non-hydrogen) atoms. The number of amides is 2. The smallest absolute Gasteiger partial charge is 0.317 e. The summed E-state index contributed by atoms with van der Waals surface area (Å²) in [5.74, 6) is 0.280. The molecular weight excluding hydrogens is 252 g/mol. The van der Waals surface area contributed by atoms with E-state index in [-0.39, 0.29) is 11.8 Å². The largest absolute Gasteiger partial charge is 0.508 e. The number of hydrogen-bond acceptors (Lipinski definition) is 2. The highest BCUT2D eigenvalue weighted by Crippen LogP contribution is 2.23. The molecule has 1 aromatic rings. The van der Waals surface area contributed by atoms with Crippen molar-refractivity contribution in [3.05, 3.63) is 35.9 Å². The molecule has 1 aliphatic heterocycles. The van der Waals surface area contributed by atoms with Gasteiger partial charge in [0.15, 0.2) is 0 Å². The van der Waals surface area contributed by atoms with Crippen LogP contribution < -0.4 is 5.32 Å². The fourth-order valence-electron chi connectivity index (χ4n) is 2.28. The molecule has 0 saturated carbocycles. The van der Waals surface area contributed by atoms with Crippen LogP contribution in [0.2, 0.25) is 0 Å². The Morgan fingerprint density at radius 3 is 2.70 bits per heavy atom. The van der Waals surface area contributed by atoms with Crippen molar-refractivity contribution < 1.29 is 9.90 Å². The number of phenols is 1. The topological polar surface area (TPSA) is 52.6 Å².